The van der Waals surface area contributed by atoms with Crippen molar-refractivity contribution in [2.24, 2.45) is 0 Å². The van der Waals surface area contributed by atoms with Gasteiger partial charge in [0.05, 0.1) is 15.4 Å². The fraction of sp³-hybridized carbons (Fsp3) is 0.0455. The molecule has 9 nitrogen and oxygen atoms in total. The first kappa shape index (κ1) is 19.8. The summed E-state index contributed by atoms with van der Waals surface area (Å²) in [5, 5.41) is 21.6. The molecular weight excluding hydrogens is 404 g/mol. The number of ether oxygens (including phenoxy) is 2. The van der Waals surface area contributed by atoms with Gasteiger partial charge >= 0.3 is 0 Å². The van der Waals surface area contributed by atoms with Gasteiger partial charge < -0.3 is 9.47 Å². The highest BCUT2D eigenvalue weighted by molar-refractivity contribution is 6.14. The number of nitro groups is 2. The molecular formula is C22H14N2O7. The third-order valence-corrected chi connectivity index (χ3v) is 4.57. The third-order valence-electron chi connectivity index (χ3n) is 4.57. The molecule has 0 aliphatic carbocycles. The first-order valence-electron chi connectivity index (χ1n) is 9.09. The van der Waals surface area contributed by atoms with Gasteiger partial charge in [0.15, 0.2) is 5.76 Å². The van der Waals surface area contributed by atoms with Crippen LogP contribution >= 0.6 is 0 Å². The van der Waals surface area contributed by atoms with E-state index >= 15 is 0 Å². The summed E-state index contributed by atoms with van der Waals surface area (Å²) >= 11 is 0. The molecule has 1 heterocycles. The molecule has 1 aliphatic rings. The molecule has 0 spiro atoms. The number of benzene rings is 3. The van der Waals surface area contributed by atoms with E-state index in [4.69, 9.17) is 9.47 Å². The number of carbonyl (C=O) groups excluding carboxylic acids is 1. The molecule has 0 radical (unpaired) electrons. The lowest BCUT2D eigenvalue weighted by molar-refractivity contribution is -0.385. The molecule has 0 saturated carbocycles. The fourth-order valence-corrected chi connectivity index (χ4v) is 3.02. The van der Waals surface area contributed by atoms with Crippen molar-refractivity contribution >= 4 is 23.2 Å². The van der Waals surface area contributed by atoms with E-state index in [1.54, 1.807) is 36.4 Å². The van der Waals surface area contributed by atoms with Crippen molar-refractivity contribution in [3.8, 4) is 11.5 Å². The normalized spacial score (nSPS) is 13.5. The summed E-state index contributed by atoms with van der Waals surface area (Å²) in [4.78, 5) is 33.2. The molecule has 0 N–H and O–H groups in total. The van der Waals surface area contributed by atoms with Gasteiger partial charge in [-0.15, -0.1) is 0 Å². The fourth-order valence-electron chi connectivity index (χ4n) is 3.02. The highest BCUT2D eigenvalue weighted by Gasteiger charge is 2.28. The number of nitro benzene ring substituents is 2. The van der Waals surface area contributed by atoms with Crippen LogP contribution in [0, 0.1) is 20.2 Å². The number of Topliss-reactive ketones (excluding diaryl/α,β-unsaturated/α-hetero) is 1. The van der Waals surface area contributed by atoms with Crippen LogP contribution in [0.2, 0.25) is 0 Å². The number of ketones is 1. The Balaban J connectivity index is 1.48. The van der Waals surface area contributed by atoms with Crippen molar-refractivity contribution in [2.45, 2.75) is 6.61 Å². The van der Waals surface area contributed by atoms with Gasteiger partial charge in [-0.3, -0.25) is 25.0 Å². The van der Waals surface area contributed by atoms with Crippen molar-refractivity contribution in [3.63, 3.8) is 0 Å². The number of nitrogens with zero attached hydrogens (tertiary/aromatic N) is 2. The first-order chi connectivity index (χ1) is 14.9. The van der Waals surface area contributed by atoms with Crippen molar-refractivity contribution in [2.75, 3.05) is 0 Å². The van der Waals surface area contributed by atoms with Gasteiger partial charge in [-0.2, -0.15) is 0 Å². The molecule has 1 aliphatic heterocycles. The zero-order chi connectivity index (χ0) is 22.0. The van der Waals surface area contributed by atoms with Crippen LogP contribution in [0.4, 0.5) is 11.4 Å². The maximum Gasteiger partial charge on any atom is 0.270 e. The van der Waals surface area contributed by atoms with Crippen molar-refractivity contribution < 1.29 is 24.1 Å². The second-order valence-electron chi connectivity index (χ2n) is 6.66. The Labute approximate surface area is 175 Å². The maximum absolute atomic E-state index is 12.6. The standard InChI is InChI=1S/C22H14N2O7/c25-22-19-9-8-18(30-13-14-4-6-16(7-5-14)23(26)27)12-20(19)31-21(22)11-15-2-1-3-17(10-15)24(28)29/h1-12H,13H2. The number of hydrogen-bond acceptors (Lipinski definition) is 7. The summed E-state index contributed by atoms with van der Waals surface area (Å²) in [7, 11) is 0. The average molecular weight is 418 g/mol. The Bertz CT molecular complexity index is 1230. The van der Waals surface area contributed by atoms with Crippen LogP contribution in [-0.2, 0) is 6.61 Å². The highest BCUT2D eigenvalue weighted by Crippen LogP contribution is 2.35. The maximum atomic E-state index is 12.6. The van der Waals surface area contributed by atoms with E-state index in [1.807, 2.05) is 0 Å². The lowest BCUT2D eigenvalue weighted by Gasteiger charge is -2.07. The number of hydrogen-bond donors (Lipinski definition) is 0. The summed E-state index contributed by atoms with van der Waals surface area (Å²) in [6, 6.07) is 16.7. The predicted octanol–water partition coefficient (Wildman–Crippen LogP) is 4.70. The first-order valence-corrected chi connectivity index (χ1v) is 9.09. The van der Waals surface area contributed by atoms with Crippen LogP contribution in [0.25, 0.3) is 6.08 Å². The Hall–Kier alpha value is -4.53. The summed E-state index contributed by atoms with van der Waals surface area (Å²) in [5.41, 5.74) is 1.49. The minimum absolute atomic E-state index is 0.00346. The van der Waals surface area contributed by atoms with Crippen LogP contribution in [0.5, 0.6) is 11.5 Å². The summed E-state index contributed by atoms with van der Waals surface area (Å²) < 4.78 is 11.3. The lowest BCUT2D eigenvalue weighted by Crippen LogP contribution is -1.98. The van der Waals surface area contributed by atoms with Crippen LogP contribution < -0.4 is 9.47 Å². The van der Waals surface area contributed by atoms with Gasteiger partial charge in [0, 0.05) is 30.3 Å². The Morgan fingerprint density at radius 1 is 0.903 bits per heavy atom. The lowest BCUT2D eigenvalue weighted by atomic mass is 10.1. The van der Waals surface area contributed by atoms with Crippen LogP contribution in [0.15, 0.2) is 72.5 Å². The van der Waals surface area contributed by atoms with E-state index in [9.17, 15) is 25.0 Å². The molecule has 0 aromatic heterocycles. The van der Waals surface area contributed by atoms with E-state index in [2.05, 4.69) is 0 Å². The molecule has 0 unspecified atom stereocenters. The quantitative estimate of drug-likeness (QED) is 0.323. The minimum atomic E-state index is -0.511. The Morgan fingerprint density at radius 3 is 2.35 bits per heavy atom. The van der Waals surface area contributed by atoms with Gasteiger partial charge in [-0.1, -0.05) is 12.1 Å². The number of rotatable bonds is 6. The van der Waals surface area contributed by atoms with E-state index < -0.39 is 9.85 Å². The third kappa shape index (κ3) is 4.25. The zero-order valence-electron chi connectivity index (χ0n) is 15.9. The van der Waals surface area contributed by atoms with Gasteiger partial charge in [0.1, 0.15) is 18.1 Å². The van der Waals surface area contributed by atoms with Crippen molar-refractivity contribution in [1.82, 2.24) is 0 Å². The molecule has 0 fully saturated rings. The Morgan fingerprint density at radius 2 is 1.65 bits per heavy atom. The molecule has 0 atom stereocenters. The van der Waals surface area contributed by atoms with Gasteiger partial charge in [0.25, 0.3) is 11.4 Å². The van der Waals surface area contributed by atoms with E-state index in [1.165, 1.54) is 36.4 Å². The smallest absolute Gasteiger partial charge is 0.270 e. The molecule has 0 amide bonds. The van der Waals surface area contributed by atoms with E-state index in [0.29, 0.717) is 22.6 Å². The van der Waals surface area contributed by atoms with Crippen LogP contribution in [0.1, 0.15) is 21.5 Å². The van der Waals surface area contributed by atoms with Gasteiger partial charge in [-0.25, -0.2) is 0 Å². The molecule has 0 saturated heterocycles. The molecule has 3 aromatic carbocycles. The molecule has 9 heteroatoms. The molecule has 0 bridgehead atoms. The zero-order valence-corrected chi connectivity index (χ0v) is 15.9. The SMILES string of the molecule is O=C1C(=Cc2cccc([N+](=O)[O-])c2)Oc2cc(OCc3ccc([N+](=O)[O-])cc3)ccc21. The highest BCUT2D eigenvalue weighted by atomic mass is 16.6. The van der Waals surface area contributed by atoms with Crippen molar-refractivity contribution in [1.29, 1.82) is 0 Å². The van der Waals surface area contributed by atoms with Gasteiger partial charge in [0.2, 0.25) is 5.78 Å². The molecule has 4 rings (SSSR count). The summed E-state index contributed by atoms with van der Waals surface area (Å²) in [6.45, 7) is 0.182. The van der Waals surface area contributed by atoms with E-state index in [0.717, 1.165) is 5.56 Å². The van der Waals surface area contributed by atoms with Gasteiger partial charge in [-0.05, 0) is 41.5 Å². The predicted molar refractivity (Wildman–Crippen MR) is 110 cm³/mol. The monoisotopic (exact) mass is 418 g/mol. The Kier molecular flexibility index (Phi) is 5.15. The van der Waals surface area contributed by atoms with Crippen LogP contribution in [0.3, 0.4) is 0 Å². The summed E-state index contributed by atoms with van der Waals surface area (Å²) in [5.74, 6) is 0.510. The van der Waals surface area contributed by atoms with Crippen LogP contribution in [-0.4, -0.2) is 15.6 Å². The number of non-ortho nitro benzene ring substituents is 2. The number of fused-ring (bicyclic) bond motifs is 1. The second-order valence-corrected chi connectivity index (χ2v) is 6.66. The van der Waals surface area contributed by atoms with Crippen molar-refractivity contribution in [3.05, 3.63) is 109 Å². The average Bonchev–Trinajstić information content (AvgIpc) is 3.07. The van der Waals surface area contributed by atoms with E-state index in [-0.39, 0.29) is 29.5 Å². The second kappa shape index (κ2) is 8.07. The molecule has 154 valence electrons. The number of allylic oxidation sites excluding steroid dienone is 1. The molecule has 31 heavy (non-hydrogen) atoms. The number of carbonyl (C=O) groups is 1. The summed E-state index contributed by atoms with van der Waals surface area (Å²) in [6.07, 6.45) is 1.45. The largest absolute Gasteiger partial charge is 0.489 e. The topological polar surface area (TPSA) is 122 Å². The minimum Gasteiger partial charge on any atom is -0.489 e. The molecule has 3 aromatic rings.